The number of sulfonamides is 1. The topological polar surface area (TPSA) is 88.5 Å². The van der Waals surface area contributed by atoms with Crippen LogP contribution in [-0.4, -0.2) is 44.9 Å². The number of rotatable bonds is 7. The molecule has 0 aliphatic rings. The molecule has 0 aromatic carbocycles. The number of aliphatic hydroxyl groups excluding tert-OH is 1. The fourth-order valence-corrected chi connectivity index (χ4v) is 2.62. The third-order valence-electron chi connectivity index (χ3n) is 2.21. The summed E-state index contributed by atoms with van der Waals surface area (Å²) in [7, 11) is -2.26. The lowest BCUT2D eigenvalue weighted by Gasteiger charge is -2.10. The highest BCUT2D eigenvalue weighted by Crippen LogP contribution is 2.21. The Kier molecular flexibility index (Phi) is 6.45. The van der Waals surface area contributed by atoms with Gasteiger partial charge in [0.25, 0.3) is 0 Å². The molecule has 0 spiro atoms. The molecule has 1 unspecified atom stereocenters. The van der Waals surface area contributed by atoms with Crippen LogP contribution in [0, 0.1) is 0 Å². The van der Waals surface area contributed by atoms with Crippen LogP contribution in [0.15, 0.2) is 17.2 Å². The van der Waals surface area contributed by atoms with Gasteiger partial charge in [-0.2, -0.15) is 0 Å². The van der Waals surface area contributed by atoms with Crippen molar-refractivity contribution in [2.24, 2.45) is 0 Å². The number of halogens is 2. The number of methoxy groups -OCH3 is 1. The Bertz CT molecular complexity index is 524. The first-order valence-corrected chi connectivity index (χ1v) is 7.58. The molecule has 0 radical (unpaired) electrons. The van der Waals surface area contributed by atoms with E-state index in [4.69, 9.17) is 27.9 Å². The molecule has 9 heteroatoms. The number of pyridine rings is 1. The van der Waals surface area contributed by atoms with Crippen LogP contribution < -0.4 is 4.72 Å². The Hall–Kier alpha value is -0.440. The third-order valence-corrected chi connectivity index (χ3v) is 4.32. The second kappa shape index (κ2) is 7.37. The second-order valence-electron chi connectivity index (χ2n) is 3.74. The Morgan fingerprint density at radius 1 is 1.53 bits per heavy atom. The molecular weight excluding hydrogens is 315 g/mol. The fourth-order valence-electron chi connectivity index (χ4n) is 1.27. The van der Waals surface area contributed by atoms with Crippen molar-refractivity contribution < 1.29 is 18.3 Å². The maximum absolute atomic E-state index is 11.9. The van der Waals surface area contributed by atoms with Crippen LogP contribution in [0.1, 0.15) is 6.42 Å². The minimum Gasteiger partial charge on any atom is -0.391 e. The second-order valence-corrected chi connectivity index (χ2v) is 6.27. The lowest BCUT2D eigenvalue weighted by atomic mass is 10.3. The van der Waals surface area contributed by atoms with Gasteiger partial charge in [0.1, 0.15) is 10.0 Å². The molecule has 1 rings (SSSR count). The summed E-state index contributed by atoms with van der Waals surface area (Å²) >= 11 is 11.3. The number of aliphatic hydroxyl groups is 1. The highest BCUT2D eigenvalue weighted by Gasteiger charge is 2.16. The zero-order valence-corrected chi connectivity index (χ0v) is 12.5. The van der Waals surface area contributed by atoms with Crippen LogP contribution in [0.2, 0.25) is 10.2 Å². The molecule has 19 heavy (non-hydrogen) atoms. The molecule has 0 bridgehead atoms. The Labute approximate surface area is 121 Å². The van der Waals surface area contributed by atoms with Crippen LogP contribution >= 0.6 is 23.2 Å². The minimum atomic E-state index is -3.72. The van der Waals surface area contributed by atoms with E-state index in [1.165, 1.54) is 13.2 Å². The largest absolute Gasteiger partial charge is 0.391 e. The van der Waals surface area contributed by atoms with Crippen LogP contribution in [-0.2, 0) is 14.8 Å². The van der Waals surface area contributed by atoms with Gasteiger partial charge in [0.2, 0.25) is 10.0 Å². The molecule has 0 aliphatic carbocycles. The molecule has 1 atom stereocenters. The van der Waals surface area contributed by atoms with Crippen LogP contribution in [0.3, 0.4) is 0 Å². The van der Waals surface area contributed by atoms with Gasteiger partial charge in [-0.15, -0.1) is 0 Å². The van der Waals surface area contributed by atoms with E-state index in [-0.39, 0.29) is 34.6 Å². The van der Waals surface area contributed by atoms with Gasteiger partial charge in [0.05, 0.1) is 17.7 Å². The first-order valence-electron chi connectivity index (χ1n) is 5.34. The van der Waals surface area contributed by atoms with E-state index in [1.54, 1.807) is 0 Å². The molecule has 2 N–H and O–H groups in total. The summed E-state index contributed by atoms with van der Waals surface area (Å²) in [5, 5.41) is 9.48. The van der Waals surface area contributed by atoms with E-state index in [2.05, 4.69) is 9.71 Å². The van der Waals surface area contributed by atoms with Crippen molar-refractivity contribution in [3.05, 3.63) is 22.4 Å². The van der Waals surface area contributed by atoms with Crippen LogP contribution in [0.4, 0.5) is 0 Å². The average Bonchev–Trinajstić information content (AvgIpc) is 2.32. The highest BCUT2D eigenvalue weighted by molar-refractivity contribution is 7.89. The third kappa shape index (κ3) is 5.21. The van der Waals surface area contributed by atoms with E-state index >= 15 is 0 Å². The first-order chi connectivity index (χ1) is 8.86. The zero-order valence-electron chi connectivity index (χ0n) is 10.1. The number of hydrogen-bond donors (Lipinski definition) is 2. The van der Waals surface area contributed by atoms with Gasteiger partial charge >= 0.3 is 0 Å². The SMILES string of the molecule is COCC(O)CCNS(=O)(=O)c1cnc(Cl)c(Cl)c1. The molecule has 1 aromatic heterocycles. The number of nitrogens with zero attached hydrogens (tertiary/aromatic N) is 1. The Morgan fingerprint density at radius 3 is 2.79 bits per heavy atom. The lowest BCUT2D eigenvalue weighted by Crippen LogP contribution is -2.28. The van der Waals surface area contributed by atoms with E-state index < -0.39 is 16.1 Å². The quantitative estimate of drug-likeness (QED) is 0.731. The standard InChI is InChI=1S/C10H14Cl2N2O4S/c1-18-6-7(15)2-3-14-19(16,17)8-4-9(11)10(12)13-5-8/h4-5,7,14-15H,2-3,6H2,1H3. The summed E-state index contributed by atoms with van der Waals surface area (Å²) in [5.41, 5.74) is 0. The van der Waals surface area contributed by atoms with Gasteiger partial charge in [-0.3, -0.25) is 0 Å². The first kappa shape index (κ1) is 16.6. The molecule has 0 amide bonds. The van der Waals surface area contributed by atoms with Crippen molar-refractivity contribution in [3.8, 4) is 0 Å². The molecule has 1 heterocycles. The number of ether oxygens (including phenoxy) is 1. The molecule has 1 aromatic rings. The molecule has 0 saturated carbocycles. The summed E-state index contributed by atoms with van der Waals surface area (Å²) in [5.74, 6) is 0. The summed E-state index contributed by atoms with van der Waals surface area (Å²) < 4.78 is 30.8. The van der Waals surface area contributed by atoms with E-state index in [9.17, 15) is 13.5 Å². The van der Waals surface area contributed by atoms with Crippen molar-refractivity contribution in [3.63, 3.8) is 0 Å². The van der Waals surface area contributed by atoms with Crippen LogP contribution in [0.25, 0.3) is 0 Å². The summed E-state index contributed by atoms with van der Waals surface area (Å²) in [4.78, 5) is 3.58. The predicted molar refractivity (Wildman–Crippen MR) is 71.9 cm³/mol. The Morgan fingerprint density at radius 2 is 2.21 bits per heavy atom. The maximum Gasteiger partial charge on any atom is 0.242 e. The summed E-state index contributed by atoms with van der Waals surface area (Å²) in [6.45, 7) is 0.225. The van der Waals surface area contributed by atoms with Gasteiger partial charge in [0, 0.05) is 19.9 Å². The maximum atomic E-state index is 11.9. The molecule has 0 saturated heterocycles. The number of nitrogens with one attached hydrogen (secondary N) is 1. The minimum absolute atomic E-state index is 0.0381. The van der Waals surface area contributed by atoms with E-state index in [0.29, 0.717) is 0 Å². The summed E-state index contributed by atoms with van der Waals surface area (Å²) in [6.07, 6.45) is 0.629. The van der Waals surface area contributed by atoms with Gasteiger partial charge in [-0.25, -0.2) is 18.1 Å². The highest BCUT2D eigenvalue weighted by atomic mass is 35.5. The fraction of sp³-hybridized carbons (Fsp3) is 0.500. The van der Waals surface area contributed by atoms with Crippen molar-refractivity contribution in [1.82, 2.24) is 9.71 Å². The van der Waals surface area contributed by atoms with Crippen molar-refractivity contribution in [2.45, 2.75) is 17.4 Å². The summed E-state index contributed by atoms with van der Waals surface area (Å²) in [6, 6.07) is 1.21. The monoisotopic (exact) mass is 328 g/mol. The lowest BCUT2D eigenvalue weighted by molar-refractivity contribution is 0.0603. The van der Waals surface area contributed by atoms with Crippen LogP contribution in [0.5, 0.6) is 0 Å². The van der Waals surface area contributed by atoms with E-state index in [1.807, 2.05) is 0 Å². The molecular formula is C10H14Cl2N2O4S. The van der Waals surface area contributed by atoms with Gasteiger partial charge in [0.15, 0.2) is 0 Å². The van der Waals surface area contributed by atoms with Crippen molar-refractivity contribution in [1.29, 1.82) is 0 Å². The van der Waals surface area contributed by atoms with Crippen molar-refractivity contribution >= 4 is 33.2 Å². The zero-order chi connectivity index (χ0) is 14.5. The predicted octanol–water partition coefficient (Wildman–Crippen LogP) is 1.06. The van der Waals surface area contributed by atoms with Gasteiger partial charge < -0.3 is 9.84 Å². The van der Waals surface area contributed by atoms with E-state index in [0.717, 1.165) is 6.20 Å². The van der Waals surface area contributed by atoms with Crippen molar-refractivity contribution in [2.75, 3.05) is 20.3 Å². The van der Waals surface area contributed by atoms with Gasteiger partial charge in [-0.05, 0) is 12.5 Å². The molecule has 108 valence electrons. The molecule has 0 aliphatic heterocycles. The average molecular weight is 329 g/mol. The molecule has 6 nitrogen and oxygen atoms in total. The number of hydrogen-bond acceptors (Lipinski definition) is 5. The molecule has 0 fully saturated rings. The normalized spacial score (nSPS) is 13.5. The smallest absolute Gasteiger partial charge is 0.242 e. The van der Waals surface area contributed by atoms with Gasteiger partial charge in [-0.1, -0.05) is 23.2 Å². The number of aromatic nitrogens is 1. The Balaban J connectivity index is 2.63.